The first-order valence-electron chi connectivity index (χ1n) is 8.87. The molecule has 1 N–H and O–H groups in total. The Bertz CT molecular complexity index is 775. The molecular formula is C21H24FNO3. The molecule has 0 bridgehead atoms. The molecule has 1 unspecified atom stereocenters. The van der Waals surface area contributed by atoms with E-state index in [0.717, 1.165) is 11.3 Å². The molecule has 1 saturated heterocycles. The van der Waals surface area contributed by atoms with Crippen LogP contribution < -0.4 is 4.74 Å². The van der Waals surface area contributed by atoms with Gasteiger partial charge in [-0.15, -0.1) is 0 Å². The third kappa shape index (κ3) is 4.22. The fourth-order valence-electron chi connectivity index (χ4n) is 3.18. The standard InChI is InChI=1S/C21H24FNO3/c1-15(2)17-6-8-18(9-7-17)26-19-5-3-4-16(12-19)13-23-11-10-21(22,14-23)20(24)25/h3-9,12,15H,10-11,13-14H2,1-2H3,(H,24,25). The van der Waals surface area contributed by atoms with Gasteiger partial charge in [0.1, 0.15) is 11.5 Å². The highest BCUT2D eigenvalue weighted by Crippen LogP contribution is 2.29. The Kier molecular flexibility index (Phi) is 5.28. The summed E-state index contributed by atoms with van der Waals surface area (Å²) in [6.07, 6.45) is 0.0285. The number of carbonyl (C=O) groups is 1. The first kappa shape index (κ1) is 18.4. The number of likely N-dealkylation sites (tertiary alicyclic amines) is 1. The summed E-state index contributed by atoms with van der Waals surface area (Å²) in [5.41, 5.74) is 0.0935. The molecule has 1 atom stereocenters. The average Bonchev–Trinajstić information content (AvgIpc) is 2.98. The molecule has 1 aliphatic rings. The monoisotopic (exact) mass is 357 g/mol. The van der Waals surface area contributed by atoms with Crippen molar-refractivity contribution in [3.05, 3.63) is 59.7 Å². The molecule has 3 rings (SSSR count). The predicted molar refractivity (Wildman–Crippen MR) is 98.4 cm³/mol. The average molecular weight is 357 g/mol. The van der Waals surface area contributed by atoms with Gasteiger partial charge in [-0.25, -0.2) is 9.18 Å². The van der Waals surface area contributed by atoms with Crippen LogP contribution in [0.15, 0.2) is 48.5 Å². The van der Waals surface area contributed by atoms with Crippen LogP contribution in [0.4, 0.5) is 4.39 Å². The van der Waals surface area contributed by atoms with Crippen LogP contribution in [-0.4, -0.2) is 34.7 Å². The molecule has 0 spiro atoms. The van der Waals surface area contributed by atoms with Crippen LogP contribution in [0.2, 0.25) is 0 Å². The number of carboxylic acids is 1. The molecular weight excluding hydrogens is 333 g/mol. The SMILES string of the molecule is CC(C)c1ccc(Oc2cccc(CN3CCC(F)(C(=O)O)C3)c2)cc1. The van der Waals surface area contributed by atoms with E-state index in [2.05, 4.69) is 26.0 Å². The summed E-state index contributed by atoms with van der Waals surface area (Å²) in [6.45, 7) is 5.15. The molecule has 1 heterocycles. The van der Waals surface area contributed by atoms with E-state index < -0.39 is 11.6 Å². The van der Waals surface area contributed by atoms with Crippen LogP contribution in [0.5, 0.6) is 11.5 Å². The Labute approximate surface area is 153 Å². The van der Waals surface area contributed by atoms with Crippen LogP contribution in [0.3, 0.4) is 0 Å². The molecule has 2 aromatic rings. The fraction of sp³-hybridized carbons (Fsp3) is 0.381. The maximum Gasteiger partial charge on any atom is 0.342 e. The highest BCUT2D eigenvalue weighted by Gasteiger charge is 2.45. The highest BCUT2D eigenvalue weighted by atomic mass is 19.1. The number of alkyl halides is 1. The Morgan fingerprint density at radius 2 is 1.96 bits per heavy atom. The zero-order valence-electron chi connectivity index (χ0n) is 15.1. The van der Waals surface area contributed by atoms with Gasteiger partial charge in [0.25, 0.3) is 0 Å². The summed E-state index contributed by atoms with van der Waals surface area (Å²) < 4.78 is 20.1. The number of ether oxygens (including phenoxy) is 1. The third-order valence-electron chi connectivity index (χ3n) is 4.77. The van der Waals surface area contributed by atoms with Crippen LogP contribution in [0.1, 0.15) is 37.3 Å². The van der Waals surface area contributed by atoms with Gasteiger partial charge in [0.15, 0.2) is 0 Å². The maximum atomic E-state index is 14.2. The minimum absolute atomic E-state index is 0.0285. The van der Waals surface area contributed by atoms with Gasteiger partial charge >= 0.3 is 5.97 Å². The molecule has 2 aromatic carbocycles. The van der Waals surface area contributed by atoms with Gasteiger partial charge in [-0.05, 0) is 41.3 Å². The van der Waals surface area contributed by atoms with E-state index in [4.69, 9.17) is 9.84 Å². The number of carboxylic acid groups (broad SMARTS) is 1. The zero-order valence-corrected chi connectivity index (χ0v) is 15.1. The summed E-state index contributed by atoms with van der Waals surface area (Å²) in [5, 5.41) is 9.00. The Morgan fingerprint density at radius 1 is 1.23 bits per heavy atom. The van der Waals surface area contributed by atoms with Gasteiger partial charge in [-0.2, -0.15) is 0 Å². The van der Waals surface area contributed by atoms with E-state index in [0.29, 0.717) is 24.8 Å². The fourth-order valence-corrected chi connectivity index (χ4v) is 3.18. The number of nitrogens with zero attached hydrogens (tertiary/aromatic N) is 1. The number of hydrogen-bond donors (Lipinski definition) is 1. The second kappa shape index (κ2) is 7.46. The molecule has 0 radical (unpaired) electrons. The van der Waals surface area contributed by atoms with E-state index in [1.807, 2.05) is 41.3 Å². The van der Waals surface area contributed by atoms with Crippen molar-refractivity contribution < 1.29 is 19.0 Å². The molecule has 4 nitrogen and oxygen atoms in total. The lowest BCUT2D eigenvalue weighted by Gasteiger charge is -2.18. The van der Waals surface area contributed by atoms with Crippen molar-refractivity contribution in [2.24, 2.45) is 0 Å². The van der Waals surface area contributed by atoms with Crippen molar-refractivity contribution in [3.8, 4) is 11.5 Å². The second-order valence-corrected chi connectivity index (χ2v) is 7.20. The summed E-state index contributed by atoms with van der Waals surface area (Å²) in [4.78, 5) is 12.8. The number of hydrogen-bond acceptors (Lipinski definition) is 3. The number of aliphatic carboxylic acids is 1. The lowest BCUT2D eigenvalue weighted by atomic mass is 10.0. The molecule has 0 amide bonds. The minimum Gasteiger partial charge on any atom is -0.479 e. The quantitative estimate of drug-likeness (QED) is 0.821. The van der Waals surface area contributed by atoms with Gasteiger partial charge in [-0.3, -0.25) is 4.90 Å². The van der Waals surface area contributed by atoms with E-state index in [9.17, 15) is 9.18 Å². The van der Waals surface area contributed by atoms with Gasteiger partial charge in [0, 0.05) is 26.1 Å². The normalized spacial score (nSPS) is 20.5. The Morgan fingerprint density at radius 3 is 2.58 bits per heavy atom. The van der Waals surface area contributed by atoms with Gasteiger partial charge in [0.2, 0.25) is 5.67 Å². The van der Waals surface area contributed by atoms with Crippen molar-refractivity contribution >= 4 is 5.97 Å². The van der Waals surface area contributed by atoms with Gasteiger partial charge in [0.05, 0.1) is 0 Å². The first-order chi connectivity index (χ1) is 12.4. The van der Waals surface area contributed by atoms with E-state index in [1.54, 1.807) is 0 Å². The number of halogens is 1. The first-order valence-corrected chi connectivity index (χ1v) is 8.87. The van der Waals surface area contributed by atoms with E-state index >= 15 is 0 Å². The van der Waals surface area contributed by atoms with Crippen LogP contribution in [0.25, 0.3) is 0 Å². The van der Waals surface area contributed by atoms with Gasteiger partial charge < -0.3 is 9.84 Å². The van der Waals surface area contributed by atoms with Crippen LogP contribution >= 0.6 is 0 Å². The van der Waals surface area contributed by atoms with Crippen LogP contribution in [0, 0.1) is 0 Å². The zero-order chi connectivity index (χ0) is 18.7. The van der Waals surface area contributed by atoms with Crippen molar-refractivity contribution in [2.45, 2.75) is 38.4 Å². The second-order valence-electron chi connectivity index (χ2n) is 7.20. The molecule has 5 heteroatoms. The molecule has 0 aliphatic carbocycles. The molecule has 1 aliphatic heterocycles. The Balaban J connectivity index is 1.64. The number of benzene rings is 2. The largest absolute Gasteiger partial charge is 0.479 e. The smallest absolute Gasteiger partial charge is 0.342 e. The summed E-state index contributed by atoms with van der Waals surface area (Å²) >= 11 is 0. The van der Waals surface area contributed by atoms with Gasteiger partial charge in [-0.1, -0.05) is 38.1 Å². The topological polar surface area (TPSA) is 49.8 Å². The number of rotatable bonds is 6. The molecule has 26 heavy (non-hydrogen) atoms. The van der Waals surface area contributed by atoms with Crippen molar-refractivity contribution in [1.82, 2.24) is 4.90 Å². The third-order valence-corrected chi connectivity index (χ3v) is 4.77. The molecule has 1 fully saturated rings. The van der Waals surface area contributed by atoms with E-state index in [-0.39, 0.29) is 13.0 Å². The lowest BCUT2D eigenvalue weighted by Crippen LogP contribution is -2.36. The molecule has 0 aromatic heterocycles. The lowest BCUT2D eigenvalue weighted by molar-refractivity contribution is -0.149. The van der Waals surface area contributed by atoms with E-state index in [1.165, 1.54) is 5.56 Å². The highest BCUT2D eigenvalue weighted by molar-refractivity contribution is 5.78. The summed E-state index contributed by atoms with van der Waals surface area (Å²) in [7, 11) is 0. The Hall–Kier alpha value is -2.40. The molecule has 0 saturated carbocycles. The summed E-state index contributed by atoms with van der Waals surface area (Å²) in [6, 6.07) is 15.6. The molecule has 138 valence electrons. The maximum absolute atomic E-state index is 14.2. The predicted octanol–water partition coefficient (Wildman–Crippen LogP) is 4.60. The van der Waals surface area contributed by atoms with Crippen LogP contribution in [-0.2, 0) is 11.3 Å². The van der Waals surface area contributed by atoms with Crippen molar-refractivity contribution in [1.29, 1.82) is 0 Å². The summed E-state index contributed by atoms with van der Waals surface area (Å²) in [5.74, 6) is 0.577. The van der Waals surface area contributed by atoms with Crippen molar-refractivity contribution in [3.63, 3.8) is 0 Å². The minimum atomic E-state index is -2.13. The van der Waals surface area contributed by atoms with Crippen molar-refractivity contribution in [2.75, 3.05) is 13.1 Å².